The molecule has 9 heteroatoms. The first-order chi connectivity index (χ1) is 18.0. The Kier molecular flexibility index (Phi) is 7.64. The van der Waals surface area contributed by atoms with E-state index in [1.165, 1.54) is 12.1 Å². The van der Waals surface area contributed by atoms with Crippen LogP contribution in [0.15, 0.2) is 77.5 Å². The van der Waals surface area contributed by atoms with Gasteiger partial charge in [-0.15, -0.1) is 0 Å². The molecular formula is C29H26ClN3O5. The van der Waals surface area contributed by atoms with Crippen LogP contribution < -0.4 is 15.5 Å². The fourth-order valence-electron chi connectivity index (χ4n) is 3.88. The first-order valence-corrected chi connectivity index (χ1v) is 12.3. The zero-order chi connectivity index (χ0) is 27.6. The normalized spacial score (nSPS) is 13.3. The van der Waals surface area contributed by atoms with Gasteiger partial charge in [0, 0.05) is 16.9 Å². The molecule has 194 valence electrons. The molecule has 0 aromatic heterocycles. The zero-order valence-corrected chi connectivity index (χ0v) is 22.1. The molecule has 0 spiro atoms. The maximum atomic E-state index is 13.2. The van der Waals surface area contributed by atoms with Crippen LogP contribution in [0.1, 0.15) is 45.7 Å². The number of carbonyl (C=O) groups excluding carboxylic acids is 4. The Morgan fingerprint density at radius 1 is 0.868 bits per heavy atom. The van der Waals surface area contributed by atoms with Gasteiger partial charge in [0.25, 0.3) is 17.7 Å². The smallest absolute Gasteiger partial charge is 0.338 e. The van der Waals surface area contributed by atoms with E-state index in [1.54, 1.807) is 63.2 Å². The summed E-state index contributed by atoms with van der Waals surface area (Å²) in [6, 6.07) is 18.3. The number of carbonyl (C=O) groups is 4. The van der Waals surface area contributed by atoms with E-state index in [-0.39, 0.29) is 22.4 Å². The third kappa shape index (κ3) is 5.60. The largest absolute Gasteiger partial charge is 0.459 e. The number of rotatable bonds is 7. The SMILES string of the molecule is Cc1ccc(C)c(N2C(=O)C(Cl)=C(Nc3cccc(C(=O)Nc4cccc(C(=O)OC(C)C)c4)c3)C2=O)c1. The molecule has 0 unspecified atom stereocenters. The van der Waals surface area contributed by atoms with Crippen LogP contribution in [0.2, 0.25) is 0 Å². The quantitative estimate of drug-likeness (QED) is 0.305. The summed E-state index contributed by atoms with van der Waals surface area (Å²) in [5, 5.41) is 5.41. The minimum absolute atomic E-state index is 0.0773. The summed E-state index contributed by atoms with van der Waals surface area (Å²) in [7, 11) is 0. The summed E-state index contributed by atoms with van der Waals surface area (Å²) in [4.78, 5) is 52.2. The number of amides is 3. The van der Waals surface area contributed by atoms with Gasteiger partial charge in [-0.05, 0) is 81.3 Å². The summed E-state index contributed by atoms with van der Waals surface area (Å²) in [6.45, 7) is 7.18. The van der Waals surface area contributed by atoms with E-state index in [0.717, 1.165) is 16.0 Å². The number of hydrogen-bond acceptors (Lipinski definition) is 6. The molecule has 8 nitrogen and oxygen atoms in total. The minimum atomic E-state index is -0.627. The number of nitrogens with one attached hydrogen (secondary N) is 2. The number of anilines is 3. The standard InChI is InChI=1S/C29H26ClN3O5/c1-16(2)38-29(37)20-8-6-10-22(15-20)32-26(34)19-7-5-9-21(14-19)31-25-24(30)27(35)33(28(25)36)23-13-17(3)11-12-18(23)4/h5-16,31H,1-4H3,(H,32,34). The molecule has 1 aliphatic rings. The zero-order valence-electron chi connectivity index (χ0n) is 21.3. The molecule has 1 heterocycles. The van der Waals surface area contributed by atoms with Crippen molar-refractivity contribution in [1.82, 2.24) is 0 Å². The van der Waals surface area contributed by atoms with Crippen LogP contribution in [0, 0.1) is 13.8 Å². The van der Waals surface area contributed by atoms with Crippen molar-refractivity contribution < 1.29 is 23.9 Å². The number of ether oxygens (including phenoxy) is 1. The van der Waals surface area contributed by atoms with E-state index >= 15 is 0 Å². The Hall–Kier alpha value is -4.43. The van der Waals surface area contributed by atoms with Crippen molar-refractivity contribution in [2.24, 2.45) is 0 Å². The van der Waals surface area contributed by atoms with Gasteiger partial charge in [-0.2, -0.15) is 0 Å². The summed E-state index contributed by atoms with van der Waals surface area (Å²) < 4.78 is 5.20. The number of halogens is 1. The molecule has 0 aliphatic carbocycles. The lowest BCUT2D eigenvalue weighted by molar-refractivity contribution is -0.120. The van der Waals surface area contributed by atoms with Crippen LogP contribution in [0.4, 0.5) is 17.1 Å². The molecule has 4 rings (SSSR count). The first kappa shape index (κ1) is 26.6. The van der Waals surface area contributed by atoms with E-state index in [0.29, 0.717) is 22.6 Å². The predicted octanol–water partition coefficient (Wildman–Crippen LogP) is 5.56. The van der Waals surface area contributed by atoms with Crippen LogP contribution in [0.25, 0.3) is 0 Å². The Morgan fingerprint density at radius 3 is 2.24 bits per heavy atom. The Bertz CT molecular complexity index is 1500. The van der Waals surface area contributed by atoms with Crippen molar-refractivity contribution >= 4 is 52.4 Å². The molecule has 0 atom stereocenters. The van der Waals surface area contributed by atoms with Crippen molar-refractivity contribution in [3.8, 4) is 0 Å². The second-order valence-corrected chi connectivity index (χ2v) is 9.50. The molecule has 3 aromatic carbocycles. The topological polar surface area (TPSA) is 105 Å². The van der Waals surface area contributed by atoms with Crippen molar-refractivity contribution in [3.05, 3.63) is 99.7 Å². The van der Waals surface area contributed by atoms with Crippen LogP contribution in [-0.2, 0) is 14.3 Å². The molecule has 2 N–H and O–H groups in total. The number of hydrogen-bond donors (Lipinski definition) is 2. The first-order valence-electron chi connectivity index (χ1n) is 11.9. The monoisotopic (exact) mass is 531 g/mol. The molecule has 0 radical (unpaired) electrons. The molecule has 0 saturated heterocycles. The summed E-state index contributed by atoms with van der Waals surface area (Å²) in [5.41, 5.74) is 3.43. The molecule has 3 amide bonds. The number of benzene rings is 3. The highest BCUT2D eigenvalue weighted by Crippen LogP contribution is 2.32. The second kappa shape index (κ2) is 10.9. The van der Waals surface area contributed by atoms with Crippen LogP contribution in [0.5, 0.6) is 0 Å². The average molecular weight is 532 g/mol. The highest BCUT2D eigenvalue weighted by Gasteiger charge is 2.39. The van der Waals surface area contributed by atoms with Crippen LogP contribution in [0.3, 0.4) is 0 Å². The Labute approximate surface area is 225 Å². The Balaban J connectivity index is 1.51. The van der Waals surface area contributed by atoms with Gasteiger partial charge in [-0.25, -0.2) is 9.69 Å². The van der Waals surface area contributed by atoms with Crippen LogP contribution in [-0.4, -0.2) is 29.8 Å². The molecule has 0 fully saturated rings. The summed E-state index contributed by atoms with van der Waals surface area (Å²) >= 11 is 6.28. The average Bonchev–Trinajstić information content (AvgIpc) is 3.08. The highest BCUT2D eigenvalue weighted by molar-refractivity contribution is 6.53. The van der Waals surface area contributed by atoms with Gasteiger partial charge in [-0.3, -0.25) is 14.4 Å². The van der Waals surface area contributed by atoms with Crippen LogP contribution >= 0.6 is 11.6 Å². The fourth-order valence-corrected chi connectivity index (χ4v) is 4.09. The third-order valence-corrected chi connectivity index (χ3v) is 6.08. The lowest BCUT2D eigenvalue weighted by Gasteiger charge is -2.18. The van der Waals surface area contributed by atoms with E-state index in [2.05, 4.69) is 10.6 Å². The molecule has 0 saturated carbocycles. The molecular weight excluding hydrogens is 506 g/mol. The van der Waals surface area contributed by atoms with E-state index in [4.69, 9.17) is 16.3 Å². The lowest BCUT2D eigenvalue weighted by Crippen LogP contribution is -2.33. The second-order valence-electron chi connectivity index (χ2n) is 9.12. The van der Waals surface area contributed by atoms with Gasteiger partial charge < -0.3 is 15.4 Å². The van der Waals surface area contributed by atoms with Crippen molar-refractivity contribution in [2.45, 2.75) is 33.8 Å². The predicted molar refractivity (Wildman–Crippen MR) is 146 cm³/mol. The maximum absolute atomic E-state index is 13.2. The van der Waals surface area contributed by atoms with Gasteiger partial charge in [0.2, 0.25) is 0 Å². The molecule has 3 aromatic rings. The maximum Gasteiger partial charge on any atom is 0.338 e. The lowest BCUT2D eigenvalue weighted by atomic mass is 10.1. The van der Waals surface area contributed by atoms with Gasteiger partial charge in [0.15, 0.2) is 0 Å². The van der Waals surface area contributed by atoms with E-state index in [1.807, 2.05) is 19.1 Å². The van der Waals surface area contributed by atoms with Gasteiger partial charge in [0.05, 0.1) is 17.4 Å². The van der Waals surface area contributed by atoms with Crippen molar-refractivity contribution in [3.63, 3.8) is 0 Å². The van der Waals surface area contributed by atoms with Crippen molar-refractivity contribution in [2.75, 3.05) is 15.5 Å². The van der Waals surface area contributed by atoms with Gasteiger partial charge >= 0.3 is 5.97 Å². The number of esters is 1. The fraction of sp³-hybridized carbons (Fsp3) is 0.172. The summed E-state index contributed by atoms with van der Waals surface area (Å²) in [5.74, 6) is -2.14. The van der Waals surface area contributed by atoms with E-state index in [9.17, 15) is 19.2 Å². The highest BCUT2D eigenvalue weighted by atomic mass is 35.5. The molecule has 38 heavy (non-hydrogen) atoms. The van der Waals surface area contributed by atoms with Gasteiger partial charge in [-0.1, -0.05) is 35.9 Å². The minimum Gasteiger partial charge on any atom is -0.459 e. The van der Waals surface area contributed by atoms with E-state index < -0.39 is 23.7 Å². The molecule has 0 bridgehead atoms. The van der Waals surface area contributed by atoms with Gasteiger partial charge in [0.1, 0.15) is 10.7 Å². The summed E-state index contributed by atoms with van der Waals surface area (Å²) in [6.07, 6.45) is -0.269. The number of imide groups is 1. The van der Waals surface area contributed by atoms with Crippen molar-refractivity contribution in [1.29, 1.82) is 0 Å². The molecule has 1 aliphatic heterocycles. The third-order valence-electron chi connectivity index (χ3n) is 5.73. The Morgan fingerprint density at radius 2 is 1.53 bits per heavy atom. The number of aryl methyl sites for hydroxylation is 2. The number of nitrogens with zero attached hydrogens (tertiary/aromatic N) is 1.